The second kappa shape index (κ2) is 7.82. The number of benzene rings is 1. The Morgan fingerprint density at radius 2 is 1.70 bits per heavy atom. The summed E-state index contributed by atoms with van der Waals surface area (Å²) >= 11 is 0. The first-order chi connectivity index (χ1) is 10.7. The molecule has 0 heterocycles. The first-order valence-corrected chi connectivity index (χ1v) is 7.30. The summed E-state index contributed by atoms with van der Waals surface area (Å²) in [7, 11) is 2.97. The van der Waals surface area contributed by atoms with Gasteiger partial charge < -0.3 is 25.8 Å². The molecule has 0 radical (unpaired) electrons. The summed E-state index contributed by atoms with van der Waals surface area (Å²) in [5.74, 6) is 0.268. The quantitative estimate of drug-likeness (QED) is 0.734. The summed E-state index contributed by atoms with van der Waals surface area (Å²) in [6.07, 6.45) is 0. The van der Waals surface area contributed by atoms with Crippen LogP contribution in [0.4, 0.5) is 5.69 Å². The van der Waals surface area contributed by atoms with Gasteiger partial charge in [0, 0.05) is 24.6 Å². The molecule has 0 saturated carbocycles. The van der Waals surface area contributed by atoms with E-state index in [2.05, 4.69) is 10.6 Å². The number of amides is 2. The summed E-state index contributed by atoms with van der Waals surface area (Å²) in [5, 5.41) is 5.45. The van der Waals surface area contributed by atoms with Crippen LogP contribution < -0.4 is 25.8 Å². The van der Waals surface area contributed by atoms with E-state index >= 15 is 0 Å². The lowest BCUT2D eigenvalue weighted by molar-refractivity contribution is -0.123. The van der Waals surface area contributed by atoms with Crippen molar-refractivity contribution in [3.8, 4) is 11.5 Å². The van der Waals surface area contributed by atoms with E-state index in [1.807, 2.05) is 0 Å². The number of nitrogens with one attached hydrogen (secondary N) is 2. The van der Waals surface area contributed by atoms with E-state index in [0.717, 1.165) is 0 Å². The zero-order valence-electron chi connectivity index (χ0n) is 14.3. The molecule has 0 aliphatic rings. The lowest BCUT2D eigenvalue weighted by atomic mass is 9.95. The average Bonchev–Trinajstić information content (AvgIpc) is 2.50. The first kappa shape index (κ1) is 18.8. The maximum atomic E-state index is 12.3. The standard InChI is InChI=1S/C16H25N3O4/c1-16(2,3)15(21)19-11-9-13(23-5)12(22-4)8-10(11)14(20)18-7-6-17/h8-9H,6-7,17H2,1-5H3,(H,18,20)(H,19,21). The summed E-state index contributed by atoms with van der Waals surface area (Å²) in [6, 6.07) is 3.10. The van der Waals surface area contributed by atoms with Crippen LogP contribution in [0.5, 0.6) is 11.5 Å². The predicted molar refractivity (Wildman–Crippen MR) is 89.0 cm³/mol. The van der Waals surface area contributed by atoms with Crippen molar-refractivity contribution in [1.82, 2.24) is 5.32 Å². The molecule has 0 aromatic heterocycles. The van der Waals surface area contributed by atoms with E-state index in [9.17, 15) is 9.59 Å². The van der Waals surface area contributed by atoms with Crippen molar-refractivity contribution in [3.05, 3.63) is 17.7 Å². The van der Waals surface area contributed by atoms with Gasteiger partial charge in [0.25, 0.3) is 5.91 Å². The predicted octanol–water partition coefficient (Wildman–Crippen LogP) is 1.38. The molecule has 128 valence electrons. The maximum absolute atomic E-state index is 12.3. The fourth-order valence-corrected chi connectivity index (χ4v) is 1.76. The van der Waals surface area contributed by atoms with Gasteiger partial charge in [-0.3, -0.25) is 9.59 Å². The van der Waals surface area contributed by atoms with Gasteiger partial charge in [-0.1, -0.05) is 20.8 Å². The largest absolute Gasteiger partial charge is 0.493 e. The number of carbonyl (C=O) groups is 2. The highest BCUT2D eigenvalue weighted by atomic mass is 16.5. The first-order valence-electron chi connectivity index (χ1n) is 7.30. The fraction of sp³-hybridized carbons (Fsp3) is 0.500. The van der Waals surface area contributed by atoms with E-state index in [-0.39, 0.29) is 17.4 Å². The highest BCUT2D eigenvalue weighted by molar-refractivity contribution is 6.05. The molecule has 0 fully saturated rings. The van der Waals surface area contributed by atoms with E-state index in [4.69, 9.17) is 15.2 Å². The van der Waals surface area contributed by atoms with Crippen molar-refractivity contribution in [3.63, 3.8) is 0 Å². The number of anilines is 1. The van der Waals surface area contributed by atoms with Crippen LogP contribution in [0.1, 0.15) is 31.1 Å². The van der Waals surface area contributed by atoms with Crippen molar-refractivity contribution in [2.24, 2.45) is 11.1 Å². The molecule has 0 atom stereocenters. The minimum Gasteiger partial charge on any atom is -0.493 e. The van der Waals surface area contributed by atoms with Crippen LogP contribution in [-0.2, 0) is 4.79 Å². The van der Waals surface area contributed by atoms with Gasteiger partial charge in [-0.25, -0.2) is 0 Å². The van der Waals surface area contributed by atoms with Crippen molar-refractivity contribution in [2.75, 3.05) is 32.6 Å². The van der Waals surface area contributed by atoms with E-state index in [0.29, 0.717) is 30.3 Å². The molecule has 7 nitrogen and oxygen atoms in total. The van der Waals surface area contributed by atoms with Gasteiger partial charge in [-0.2, -0.15) is 0 Å². The number of carbonyl (C=O) groups excluding carboxylic acids is 2. The molecule has 7 heteroatoms. The smallest absolute Gasteiger partial charge is 0.253 e. The Labute approximate surface area is 136 Å². The highest BCUT2D eigenvalue weighted by Crippen LogP contribution is 2.34. The Kier molecular flexibility index (Phi) is 6.38. The SMILES string of the molecule is COc1cc(NC(=O)C(C)(C)C)c(C(=O)NCCN)cc1OC. The summed E-state index contributed by atoms with van der Waals surface area (Å²) in [6.45, 7) is 6.02. The molecule has 2 amide bonds. The van der Waals surface area contributed by atoms with Gasteiger partial charge in [0.05, 0.1) is 25.5 Å². The molecule has 0 aliphatic carbocycles. The molecule has 1 rings (SSSR count). The van der Waals surface area contributed by atoms with E-state index < -0.39 is 5.41 Å². The Morgan fingerprint density at radius 1 is 1.13 bits per heavy atom. The average molecular weight is 323 g/mol. The molecule has 1 aromatic rings. The minimum atomic E-state index is -0.599. The van der Waals surface area contributed by atoms with E-state index in [1.165, 1.54) is 20.3 Å². The Balaban J connectivity index is 3.28. The summed E-state index contributed by atoms with van der Waals surface area (Å²) in [5.41, 5.74) is 5.45. The second-order valence-corrected chi connectivity index (χ2v) is 6.00. The molecule has 0 saturated heterocycles. The number of methoxy groups -OCH3 is 2. The van der Waals surface area contributed by atoms with E-state index in [1.54, 1.807) is 26.8 Å². The maximum Gasteiger partial charge on any atom is 0.253 e. The zero-order valence-corrected chi connectivity index (χ0v) is 14.3. The van der Waals surface area contributed by atoms with Gasteiger partial charge in [0.1, 0.15) is 0 Å². The normalized spacial score (nSPS) is 10.9. The number of rotatable bonds is 6. The van der Waals surface area contributed by atoms with Gasteiger partial charge in [-0.05, 0) is 6.07 Å². The fourth-order valence-electron chi connectivity index (χ4n) is 1.76. The van der Waals surface area contributed by atoms with Crippen LogP contribution in [0.25, 0.3) is 0 Å². The Morgan fingerprint density at radius 3 is 2.17 bits per heavy atom. The third kappa shape index (κ3) is 4.85. The van der Waals surface area contributed by atoms with Crippen LogP contribution in [-0.4, -0.2) is 39.1 Å². The highest BCUT2D eigenvalue weighted by Gasteiger charge is 2.24. The van der Waals surface area contributed by atoms with Crippen LogP contribution in [0.15, 0.2) is 12.1 Å². The van der Waals surface area contributed by atoms with Crippen molar-refractivity contribution in [2.45, 2.75) is 20.8 Å². The summed E-state index contributed by atoms with van der Waals surface area (Å²) < 4.78 is 10.4. The van der Waals surface area contributed by atoms with Gasteiger partial charge in [-0.15, -0.1) is 0 Å². The van der Waals surface area contributed by atoms with Crippen LogP contribution in [0.2, 0.25) is 0 Å². The van der Waals surface area contributed by atoms with Crippen molar-refractivity contribution >= 4 is 17.5 Å². The van der Waals surface area contributed by atoms with Gasteiger partial charge in [0.15, 0.2) is 11.5 Å². The third-order valence-electron chi connectivity index (χ3n) is 3.13. The van der Waals surface area contributed by atoms with Crippen LogP contribution in [0.3, 0.4) is 0 Å². The molecule has 0 spiro atoms. The number of nitrogens with two attached hydrogens (primary N) is 1. The lowest BCUT2D eigenvalue weighted by Crippen LogP contribution is -2.32. The molecule has 0 aliphatic heterocycles. The van der Waals surface area contributed by atoms with Gasteiger partial charge in [0.2, 0.25) is 5.91 Å². The minimum absolute atomic E-state index is 0.211. The molecule has 4 N–H and O–H groups in total. The molecule has 23 heavy (non-hydrogen) atoms. The topological polar surface area (TPSA) is 103 Å². The lowest BCUT2D eigenvalue weighted by Gasteiger charge is -2.20. The summed E-state index contributed by atoms with van der Waals surface area (Å²) in [4.78, 5) is 24.6. The molecule has 0 unspecified atom stereocenters. The molecule has 1 aromatic carbocycles. The Bertz CT molecular complexity index is 579. The number of hydrogen-bond acceptors (Lipinski definition) is 5. The van der Waals surface area contributed by atoms with Crippen molar-refractivity contribution < 1.29 is 19.1 Å². The molecule has 0 bridgehead atoms. The molecular weight excluding hydrogens is 298 g/mol. The van der Waals surface area contributed by atoms with Crippen LogP contribution in [0, 0.1) is 5.41 Å². The zero-order chi connectivity index (χ0) is 17.6. The van der Waals surface area contributed by atoms with Crippen LogP contribution >= 0.6 is 0 Å². The number of ether oxygens (including phenoxy) is 2. The Hall–Kier alpha value is -2.28. The number of hydrogen-bond donors (Lipinski definition) is 3. The van der Waals surface area contributed by atoms with Gasteiger partial charge >= 0.3 is 0 Å². The molecular formula is C16H25N3O4. The monoisotopic (exact) mass is 323 g/mol. The van der Waals surface area contributed by atoms with Crippen molar-refractivity contribution in [1.29, 1.82) is 0 Å². The second-order valence-electron chi connectivity index (χ2n) is 6.00. The third-order valence-corrected chi connectivity index (χ3v) is 3.13.